The number of nitrogens with zero attached hydrogens (tertiary/aromatic N) is 1. The van der Waals surface area contributed by atoms with Gasteiger partial charge in [-0.25, -0.2) is 5.43 Å². The van der Waals surface area contributed by atoms with E-state index in [1.165, 1.54) is 6.21 Å². The molecule has 0 aromatic heterocycles. The number of hydrogen-bond acceptors (Lipinski definition) is 4. The maximum atomic E-state index is 11.8. The Morgan fingerprint density at radius 3 is 2.52 bits per heavy atom. The van der Waals surface area contributed by atoms with E-state index in [9.17, 15) is 9.59 Å². The third-order valence-electron chi connectivity index (χ3n) is 3.21. The smallest absolute Gasteiger partial charge is 0.329 e. The summed E-state index contributed by atoms with van der Waals surface area (Å²) in [6, 6.07) is 12.1. The highest BCUT2D eigenvalue weighted by atomic mass is 35.5. The first kappa shape index (κ1) is 18.5. The molecule has 0 heterocycles. The first-order valence-corrected chi connectivity index (χ1v) is 8.00. The highest BCUT2D eigenvalue weighted by Gasteiger charge is 2.13. The maximum absolute atomic E-state index is 11.8. The minimum atomic E-state index is -0.876. The maximum Gasteiger partial charge on any atom is 0.329 e. The van der Waals surface area contributed by atoms with Gasteiger partial charge in [0.1, 0.15) is 5.75 Å². The minimum Gasteiger partial charge on any atom is -0.494 e. The van der Waals surface area contributed by atoms with Crippen LogP contribution in [0.5, 0.6) is 5.75 Å². The van der Waals surface area contributed by atoms with Gasteiger partial charge in [-0.05, 0) is 61.4 Å². The molecule has 0 spiro atoms. The van der Waals surface area contributed by atoms with Crippen LogP contribution in [-0.4, -0.2) is 24.6 Å². The van der Waals surface area contributed by atoms with Crippen molar-refractivity contribution < 1.29 is 14.3 Å². The van der Waals surface area contributed by atoms with Gasteiger partial charge in [-0.1, -0.05) is 17.7 Å². The molecule has 0 atom stereocenters. The predicted molar refractivity (Wildman–Crippen MR) is 98.2 cm³/mol. The van der Waals surface area contributed by atoms with Crippen LogP contribution in [0.2, 0.25) is 5.02 Å². The number of nitrogens with one attached hydrogen (secondary N) is 2. The summed E-state index contributed by atoms with van der Waals surface area (Å²) in [5.74, 6) is -0.956. The number of hydrogen-bond donors (Lipinski definition) is 2. The number of carbonyl (C=O) groups excluding carboxylic acids is 2. The lowest BCUT2D eigenvalue weighted by Crippen LogP contribution is -2.32. The van der Waals surface area contributed by atoms with Crippen LogP contribution in [0.3, 0.4) is 0 Å². The second kappa shape index (κ2) is 8.84. The van der Waals surface area contributed by atoms with Crippen LogP contribution in [0, 0.1) is 6.92 Å². The summed E-state index contributed by atoms with van der Waals surface area (Å²) < 4.78 is 5.33. The van der Waals surface area contributed by atoms with Gasteiger partial charge >= 0.3 is 11.8 Å². The van der Waals surface area contributed by atoms with Gasteiger partial charge in [-0.3, -0.25) is 9.59 Å². The van der Waals surface area contributed by atoms with Crippen molar-refractivity contribution in [3.05, 3.63) is 58.6 Å². The van der Waals surface area contributed by atoms with E-state index in [1.54, 1.807) is 42.5 Å². The Balaban J connectivity index is 1.88. The van der Waals surface area contributed by atoms with E-state index in [2.05, 4.69) is 15.8 Å². The molecule has 7 heteroatoms. The molecule has 2 amide bonds. The first-order valence-electron chi connectivity index (χ1n) is 7.63. The lowest BCUT2D eigenvalue weighted by atomic mass is 10.2. The highest BCUT2D eigenvalue weighted by Crippen LogP contribution is 2.19. The number of carbonyl (C=O) groups is 2. The summed E-state index contributed by atoms with van der Waals surface area (Å²) in [4.78, 5) is 23.5. The van der Waals surface area contributed by atoms with Crippen molar-refractivity contribution in [3.63, 3.8) is 0 Å². The third-order valence-corrected chi connectivity index (χ3v) is 3.61. The lowest BCUT2D eigenvalue weighted by molar-refractivity contribution is -0.136. The fourth-order valence-corrected chi connectivity index (χ4v) is 2.07. The fourth-order valence-electron chi connectivity index (χ4n) is 1.89. The van der Waals surface area contributed by atoms with Gasteiger partial charge in [-0.2, -0.15) is 5.10 Å². The fraction of sp³-hybridized carbons (Fsp3) is 0.167. The quantitative estimate of drug-likeness (QED) is 0.489. The molecule has 2 aromatic carbocycles. The van der Waals surface area contributed by atoms with Crippen LogP contribution in [0.25, 0.3) is 0 Å². The molecule has 2 aromatic rings. The zero-order valence-electron chi connectivity index (χ0n) is 13.9. The molecule has 0 saturated heterocycles. The lowest BCUT2D eigenvalue weighted by Gasteiger charge is -2.05. The molecule has 0 radical (unpaired) electrons. The molecule has 0 saturated carbocycles. The summed E-state index contributed by atoms with van der Waals surface area (Å²) in [7, 11) is 0. The highest BCUT2D eigenvalue weighted by molar-refractivity contribution is 6.39. The van der Waals surface area contributed by atoms with Gasteiger partial charge in [0.25, 0.3) is 0 Å². The zero-order valence-corrected chi connectivity index (χ0v) is 14.6. The minimum absolute atomic E-state index is 0.436. The SMILES string of the molecule is CCOc1ccc(C=NNC(=O)C(=O)Nc2ccc(C)c(Cl)c2)cc1. The van der Waals surface area contributed by atoms with Gasteiger partial charge in [-0.15, -0.1) is 0 Å². The molecule has 0 bridgehead atoms. The van der Waals surface area contributed by atoms with Gasteiger partial charge < -0.3 is 10.1 Å². The topological polar surface area (TPSA) is 79.8 Å². The Kier molecular flexibility index (Phi) is 6.54. The van der Waals surface area contributed by atoms with E-state index in [-0.39, 0.29) is 0 Å². The number of amides is 2. The van der Waals surface area contributed by atoms with E-state index < -0.39 is 11.8 Å². The van der Waals surface area contributed by atoms with E-state index in [1.807, 2.05) is 13.8 Å². The van der Waals surface area contributed by atoms with E-state index in [0.717, 1.165) is 16.9 Å². The summed E-state index contributed by atoms with van der Waals surface area (Å²) in [6.45, 7) is 4.33. The molecule has 130 valence electrons. The largest absolute Gasteiger partial charge is 0.494 e. The van der Waals surface area contributed by atoms with Gasteiger partial charge in [0.2, 0.25) is 0 Å². The summed E-state index contributed by atoms with van der Waals surface area (Å²) in [6.07, 6.45) is 1.43. The monoisotopic (exact) mass is 359 g/mol. The Bertz CT molecular complexity index is 789. The number of rotatable bonds is 5. The average molecular weight is 360 g/mol. The number of ether oxygens (including phenoxy) is 1. The standard InChI is InChI=1S/C18H18ClN3O3/c1-3-25-15-8-5-13(6-9-15)11-20-22-18(24)17(23)21-14-7-4-12(2)16(19)10-14/h4-11H,3H2,1-2H3,(H,21,23)(H,22,24). The molecule has 0 aliphatic rings. The molecule has 0 unspecified atom stereocenters. The molecule has 0 fully saturated rings. The van der Waals surface area contributed by atoms with Crippen LogP contribution in [0.4, 0.5) is 5.69 Å². The predicted octanol–water partition coefficient (Wildman–Crippen LogP) is 3.14. The Labute approximate surface area is 150 Å². The molecule has 6 nitrogen and oxygen atoms in total. The van der Waals surface area contributed by atoms with Crippen molar-refractivity contribution in [3.8, 4) is 5.75 Å². The summed E-state index contributed by atoms with van der Waals surface area (Å²) in [5.41, 5.74) is 4.25. The average Bonchev–Trinajstić information content (AvgIpc) is 2.60. The first-order chi connectivity index (χ1) is 12.0. The van der Waals surface area contributed by atoms with Crippen LogP contribution in [0.1, 0.15) is 18.1 Å². The number of benzene rings is 2. The number of halogens is 1. The van der Waals surface area contributed by atoms with Gasteiger partial charge in [0, 0.05) is 10.7 Å². The van der Waals surface area contributed by atoms with E-state index in [0.29, 0.717) is 17.3 Å². The molecule has 2 rings (SSSR count). The summed E-state index contributed by atoms with van der Waals surface area (Å²) >= 11 is 5.97. The van der Waals surface area contributed by atoms with Gasteiger partial charge in [0.15, 0.2) is 0 Å². The molecule has 0 aliphatic carbocycles. The molecule has 0 aliphatic heterocycles. The number of hydrazone groups is 1. The van der Waals surface area contributed by atoms with E-state index >= 15 is 0 Å². The molecular formula is C18H18ClN3O3. The zero-order chi connectivity index (χ0) is 18.2. The molecule has 25 heavy (non-hydrogen) atoms. The van der Waals surface area contributed by atoms with Crippen LogP contribution >= 0.6 is 11.6 Å². The molecular weight excluding hydrogens is 342 g/mol. The van der Waals surface area contributed by atoms with Crippen molar-refractivity contribution >= 4 is 35.3 Å². The van der Waals surface area contributed by atoms with Crippen LogP contribution < -0.4 is 15.5 Å². The van der Waals surface area contributed by atoms with Crippen LogP contribution in [0.15, 0.2) is 47.6 Å². The molecule has 2 N–H and O–H groups in total. The normalized spacial score (nSPS) is 10.5. The number of aryl methyl sites for hydroxylation is 1. The third kappa shape index (κ3) is 5.61. The van der Waals surface area contributed by atoms with Gasteiger partial charge in [0.05, 0.1) is 12.8 Å². The second-order valence-electron chi connectivity index (χ2n) is 5.12. The van der Waals surface area contributed by atoms with Crippen molar-refractivity contribution in [2.75, 3.05) is 11.9 Å². The van der Waals surface area contributed by atoms with Crippen molar-refractivity contribution in [2.45, 2.75) is 13.8 Å². The van der Waals surface area contributed by atoms with Crippen molar-refractivity contribution in [1.29, 1.82) is 0 Å². The Morgan fingerprint density at radius 1 is 1.16 bits per heavy atom. The number of anilines is 1. The second-order valence-corrected chi connectivity index (χ2v) is 5.53. The Morgan fingerprint density at radius 2 is 1.88 bits per heavy atom. The van der Waals surface area contributed by atoms with E-state index in [4.69, 9.17) is 16.3 Å². The summed E-state index contributed by atoms with van der Waals surface area (Å²) in [5, 5.41) is 6.72. The van der Waals surface area contributed by atoms with Crippen molar-refractivity contribution in [1.82, 2.24) is 5.43 Å². The van der Waals surface area contributed by atoms with Crippen LogP contribution in [-0.2, 0) is 9.59 Å². The Hall–Kier alpha value is -2.86. The van der Waals surface area contributed by atoms with Crippen molar-refractivity contribution in [2.24, 2.45) is 5.10 Å².